The SMILES string of the molecule is O=C1NCc2cc(C3CN(Cc4cc(F)cc(C(F)(F)F)c4)CCS3(=O)=O)ccc21. The molecule has 10 heteroatoms. The van der Waals surface area contributed by atoms with Crippen LogP contribution in [0.5, 0.6) is 0 Å². The summed E-state index contributed by atoms with van der Waals surface area (Å²) in [5, 5.41) is 1.80. The minimum atomic E-state index is -4.67. The van der Waals surface area contributed by atoms with Gasteiger partial charge in [-0.1, -0.05) is 12.1 Å². The molecule has 2 aromatic carbocycles. The first kappa shape index (κ1) is 20.8. The number of sulfone groups is 1. The van der Waals surface area contributed by atoms with Gasteiger partial charge in [-0.2, -0.15) is 13.2 Å². The highest BCUT2D eigenvalue weighted by atomic mass is 32.2. The third-order valence-electron chi connectivity index (χ3n) is 5.43. The van der Waals surface area contributed by atoms with Crippen molar-refractivity contribution in [2.45, 2.75) is 24.5 Å². The fourth-order valence-electron chi connectivity index (χ4n) is 3.91. The van der Waals surface area contributed by atoms with Gasteiger partial charge in [0.05, 0.1) is 16.6 Å². The van der Waals surface area contributed by atoms with Gasteiger partial charge >= 0.3 is 6.18 Å². The lowest BCUT2D eigenvalue weighted by Crippen LogP contribution is -2.42. The Bertz CT molecular complexity index is 1120. The first-order valence-electron chi connectivity index (χ1n) is 9.24. The van der Waals surface area contributed by atoms with Crippen LogP contribution in [0.2, 0.25) is 0 Å². The van der Waals surface area contributed by atoms with E-state index in [-0.39, 0.29) is 36.9 Å². The van der Waals surface area contributed by atoms with Crippen LogP contribution in [0.25, 0.3) is 0 Å². The van der Waals surface area contributed by atoms with E-state index in [2.05, 4.69) is 5.32 Å². The van der Waals surface area contributed by atoms with E-state index >= 15 is 0 Å². The Hall–Kier alpha value is -2.46. The maximum Gasteiger partial charge on any atom is 0.416 e. The van der Waals surface area contributed by atoms with E-state index < -0.39 is 32.6 Å². The topological polar surface area (TPSA) is 66.5 Å². The first-order chi connectivity index (χ1) is 14.0. The molecule has 1 fully saturated rings. The van der Waals surface area contributed by atoms with E-state index in [1.165, 1.54) is 0 Å². The maximum atomic E-state index is 13.7. The molecule has 1 saturated heterocycles. The number of hydrogen-bond donors (Lipinski definition) is 1. The van der Waals surface area contributed by atoms with Gasteiger partial charge in [-0.3, -0.25) is 9.69 Å². The van der Waals surface area contributed by atoms with Crippen molar-refractivity contribution >= 4 is 15.7 Å². The molecule has 2 aromatic rings. The second-order valence-corrected chi connectivity index (χ2v) is 9.84. The standard InChI is InChI=1S/C20H18F4N2O3S/c21-16-6-12(5-15(8-16)20(22,23)24)10-26-3-4-30(28,29)18(11-26)13-1-2-17-14(7-13)9-25-19(17)27/h1-2,5-8,18H,3-4,9-11H2,(H,25,27). The number of halogens is 4. The quantitative estimate of drug-likeness (QED) is 0.743. The average molecular weight is 442 g/mol. The molecule has 0 aliphatic carbocycles. The largest absolute Gasteiger partial charge is 0.416 e. The van der Waals surface area contributed by atoms with Crippen LogP contribution in [0.15, 0.2) is 36.4 Å². The number of fused-ring (bicyclic) bond motifs is 1. The number of nitrogens with one attached hydrogen (secondary N) is 1. The third kappa shape index (κ3) is 4.06. The van der Waals surface area contributed by atoms with Gasteiger partial charge in [0.2, 0.25) is 0 Å². The molecule has 1 unspecified atom stereocenters. The predicted octanol–water partition coefficient (Wildman–Crippen LogP) is 3.06. The maximum absolute atomic E-state index is 13.7. The highest BCUT2D eigenvalue weighted by Crippen LogP contribution is 2.33. The predicted molar refractivity (Wildman–Crippen MR) is 101 cm³/mol. The van der Waals surface area contributed by atoms with Crippen molar-refractivity contribution in [3.8, 4) is 0 Å². The van der Waals surface area contributed by atoms with E-state index in [4.69, 9.17) is 0 Å². The lowest BCUT2D eigenvalue weighted by molar-refractivity contribution is -0.137. The van der Waals surface area contributed by atoms with Crippen LogP contribution in [0.3, 0.4) is 0 Å². The summed E-state index contributed by atoms with van der Waals surface area (Å²) in [5.74, 6) is -1.36. The van der Waals surface area contributed by atoms with Gasteiger partial charge in [0, 0.05) is 31.7 Å². The monoisotopic (exact) mass is 442 g/mol. The normalized spacial score (nSPS) is 21.3. The Morgan fingerprint density at radius 2 is 1.90 bits per heavy atom. The summed E-state index contributed by atoms with van der Waals surface area (Å²) in [6, 6.07) is 7.21. The second kappa shape index (κ2) is 7.35. The Balaban J connectivity index is 1.58. The molecule has 0 aromatic heterocycles. The van der Waals surface area contributed by atoms with Gasteiger partial charge in [-0.25, -0.2) is 12.8 Å². The zero-order chi connectivity index (χ0) is 21.7. The molecule has 0 saturated carbocycles. The fourth-order valence-corrected chi connectivity index (χ4v) is 5.71. The van der Waals surface area contributed by atoms with Crippen molar-refractivity contribution in [2.75, 3.05) is 18.8 Å². The Kier molecular flexibility index (Phi) is 5.09. The zero-order valence-electron chi connectivity index (χ0n) is 15.7. The number of carbonyl (C=O) groups is 1. The van der Waals surface area contributed by atoms with Crippen LogP contribution in [0, 0.1) is 5.82 Å². The van der Waals surface area contributed by atoms with Gasteiger partial charge < -0.3 is 5.32 Å². The number of hydrogen-bond acceptors (Lipinski definition) is 4. The minimum Gasteiger partial charge on any atom is -0.348 e. The van der Waals surface area contributed by atoms with E-state index in [1.807, 2.05) is 0 Å². The van der Waals surface area contributed by atoms with Gasteiger partial charge in [-0.05, 0) is 41.0 Å². The molecule has 2 aliphatic rings. The smallest absolute Gasteiger partial charge is 0.348 e. The van der Waals surface area contributed by atoms with Crippen molar-refractivity contribution in [2.24, 2.45) is 0 Å². The van der Waals surface area contributed by atoms with Crippen LogP contribution >= 0.6 is 0 Å². The Morgan fingerprint density at radius 3 is 2.63 bits per heavy atom. The summed E-state index contributed by atoms with van der Waals surface area (Å²) >= 11 is 0. The molecule has 4 rings (SSSR count). The van der Waals surface area contributed by atoms with Gasteiger partial charge in [0.25, 0.3) is 5.91 Å². The van der Waals surface area contributed by atoms with E-state index in [1.54, 1.807) is 23.1 Å². The molecule has 0 spiro atoms. The lowest BCUT2D eigenvalue weighted by Gasteiger charge is -2.33. The third-order valence-corrected chi connectivity index (χ3v) is 7.47. The summed E-state index contributed by atoms with van der Waals surface area (Å²) in [4.78, 5) is 13.4. The summed E-state index contributed by atoms with van der Waals surface area (Å²) in [6.07, 6.45) is -4.67. The number of benzene rings is 2. The molecule has 1 atom stereocenters. The van der Waals surface area contributed by atoms with E-state index in [0.717, 1.165) is 12.1 Å². The average Bonchev–Trinajstić information content (AvgIpc) is 3.02. The molecule has 2 heterocycles. The van der Waals surface area contributed by atoms with Crippen molar-refractivity contribution in [3.63, 3.8) is 0 Å². The number of nitrogens with zero attached hydrogens (tertiary/aromatic N) is 1. The number of carbonyl (C=O) groups excluding carboxylic acids is 1. The van der Waals surface area contributed by atoms with Crippen LogP contribution in [-0.4, -0.2) is 38.1 Å². The minimum absolute atomic E-state index is 0.00214. The molecule has 0 bridgehead atoms. The molecule has 5 nitrogen and oxygen atoms in total. The number of rotatable bonds is 3. The Labute approximate surface area is 170 Å². The lowest BCUT2D eigenvalue weighted by atomic mass is 10.0. The van der Waals surface area contributed by atoms with Crippen LogP contribution < -0.4 is 5.32 Å². The Morgan fingerprint density at radius 1 is 1.13 bits per heavy atom. The highest BCUT2D eigenvalue weighted by Gasteiger charge is 2.36. The molecule has 160 valence electrons. The van der Waals surface area contributed by atoms with E-state index in [0.29, 0.717) is 29.3 Å². The van der Waals surface area contributed by atoms with Crippen LogP contribution in [-0.2, 0) is 29.1 Å². The second-order valence-electron chi connectivity index (χ2n) is 7.54. The summed E-state index contributed by atoms with van der Waals surface area (Å²) in [6.45, 7) is 0.530. The molecule has 2 aliphatic heterocycles. The van der Waals surface area contributed by atoms with Crippen molar-refractivity contribution < 1.29 is 30.8 Å². The zero-order valence-corrected chi connectivity index (χ0v) is 16.5. The summed E-state index contributed by atoms with van der Waals surface area (Å²) in [7, 11) is -3.47. The van der Waals surface area contributed by atoms with Crippen molar-refractivity contribution in [1.29, 1.82) is 0 Å². The van der Waals surface area contributed by atoms with Crippen LogP contribution in [0.4, 0.5) is 17.6 Å². The van der Waals surface area contributed by atoms with Gasteiger partial charge in [-0.15, -0.1) is 0 Å². The van der Waals surface area contributed by atoms with Gasteiger partial charge in [0.15, 0.2) is 9.84 Å². The highest BCUT2D eigenvalue weighted by molar-refractivity contribution is 7.91. The van der Waals surface area contributed by atoms with Crippen LogP contribution in [0.1, 0.15) is 37.9 Å². The molecular formula is C20H18F4N2O3S. The van der Waals surface area contributed by atoms with Gasteiger partial charge in [0.1, 0.15) is 5.82 Å². The summed E-state index contributed by atoms with van der Waals surface area (Å²) < 4.78 is 77.9. The molecule has 0 radical (unpaired) electrons. The van der Waals surface area contributed by atoms with E-state index in [9.17, 15) is 30.8 Å². The fraction of sp³-hybridized carbons (Fsp3) is 0.350. The number of alkyl halides is 3. The molecular weight excluding hydrogens is 424 g/mol. The number of amides is 1. The molecule has 1 N–H and O–H groups in total. The summed E-state index contributed by atoms with van der Waals surface area (Å²) in [5.41, 5.74) is 0.803. The van der Waals surface area contributed by atoms with Crippen molar-refractivity contribution in [3.05, 3.63) is 70.0 Å². The molecule has 30 heavy (non-hydrogen) atoms. The molecule has 1 amide bonds. The first-order valence-corrected chi connectivity index (χ1v) is 11.0. The van der Waals surface area contributed by atoms with Crippen molar-refractivity contribution in [1.82, 2.24) is 10.2 Å².